The molecule has 1 saturated heterocycles. The molecule has 27 heavy (non-hydrogen) atoms. The normalized spacial score (nSPS) is 16.9. The van der Waals surface area contributed by atoms with Crippen molar-refractivity contribution in [2.24, 2.45) is 4.99 Å². The molecule has 1 aromatic rings. The van der Waals surface area contributed by atoms with Gasteiger partial charge in [-0.2, -0.15) is 0 Å². The van der Waals surface area contributed by atoms with Crippen molar-refractivity contribution in [2.45, 2.75) is 71.4 Å². The van der Waals surface area contributed by atoms with E-state index in [0.717, 1.165) is 82.2 Å². The molecule has 7 nitrogen and oxygen atoms in total. The third-order valence-electron chi connectivity index (χ3n) is 5.22. The Balaban J connectivity index is 1.75. The van der Waals surface area contributed by atoms with Crippen molar-refractivity contribution in [3.05, 3.63) is 17.5 Å². The Labute approximate surface area is 163 Å². The van der Waals surface area contributed by atoms with Crippen molar-refractivity contribution in [2.75, 3.05) is 32.7 Å². The van der Waals surface area contributed by atoms with Crippen LogP contribution in [0.5, 0.6) is 0 Å². The molecule has 2 rings (SSSR count). The van der Waals surface area contributed by atoms with Crippen LogP contribution >= 0.6 is 0 Å². The van der Waals surface area contributed by atoms with Gasteiger partial charge in [-0.3, -0.25) is 0 Å². The van der Waals surface area contributed by atoms with Crippen LogP contribution in [0.4, 0.5) is 0 Å². The van der Waals surface area contributed by atoms with Gasteiger partial charge in [0.25, 0.3) is 0 Å². The summed E-state index contributed by atoms with van der Waals surface area (Å²) >= 11 is 0. The lowest BCUT2D eigenvalue weighted by molar-refractivity contribution is 0.0823. The van der Waals surface area contributed by atoms with E-state index in [1.165, 1.54) is 0 Å². The van der Waals surface area contributed by atoms with Crippen molar-refractivity contribution in [1.29, 1.82) is 0 Å². The second kappa shape index (κ2) is 12.0. The maximum Gasteiger partial charge on any atom is 0.191 e. The molecule has 0 unspecified atom stereocenters. The second-order valence-corrected chi connectivity index (χ2v) is 7.28. The van der Waals surface area contributed by atoms with Crippen LogP contribution in [-0.2, 0) is 6.54 Å². The minimum atomic E-state index is -0.103. The van der Waals surface area contributed by atoms with Crippen LogP contribution < -0.4 is 10.6 Å². The summed E-state index contributed by atoms with van der Waals surface area (Å²) in [4.78, 5) is 7.04. The Kier molecular flexibility index (Phi) is 9.62. The molecule has 0 aromatic carbocycles. The average Bonchev–Trinajstić information content (AvgIpc) is 3.14. The summed E-state index contributed by atoms with van der Waals surface area (Å²) in [7, 11) is 0. The van der Waals surface area contributed by atoms with Gasteiger partial charge in [-0.25, -0.2) is 4.99 Å². The number of guanidine groups is 1. The number of nitrogens with one attached hydrogen (secondary N) is 2. The molecular formula is C20H37N5O2. The predicted molar refractivity (Wildman–Crippen MR) is 109 cm³/mol. The smallest absolute Gasteiger partial charge is 0.191 e. The quantitative estimate of drug-likeness (QED) is 0.329. The summed E-state index contributed by atoms with van der Waals surface area (Å²) in [5, 5.41) is 20.4. The summed E-state index contributed by atoms with van der Waals surface area (Å²) in [6, 6.07) is 2.04. The van der Waals surface area contributed by atoms with E-state index in [4.69, 9.17) is 4.52 Å². The third kappa shape index (κ3) is 7.50. The summed E-state index contributed by atoms with van der Waals surface area (Å²) < 4.78 is 5.45. The molecule has 7 heteroatoms. The highest BCUT2D eigenvalue weighted by Gasteiger charge is 2.16. The maximum absolute atomic E-state index is 9.57. The average molecular weight is 380 g/mol. The molecule has 1 aliphatic rings. The SMILES string of the molecule is CCNC(=NCc1cc(C(CC)CC)no1)NCCCN1CCC(O)CC1. The highest BCUT2D eigenvalue weighted by molar-refractivity contribution is 5.79. The Bertz CT molecular complexity index is 548. The van der Waals surface area contributed by atoms with Crippen LogP contribution in [0.2, 0.25) is 0 Å². The predicted octanol–water partition coefficient (Wildman–Crippen LogP) is 2.48. The number of hydrogen-bond acceptors (Lipinski definition) is 5. The fraction of sp³-hybridized carbons (Fsp3) is 0.800. The number of likely N-dealkylation sites (tertiary alicyclic amines) is 1. The minimum Gasteiger partial charge on any atom is -0.393 e. The van der Waals surface area contributed by atoms with Crippen LogP contribution in [0.25, 0.3) is 0 Å². The Morgan fingerprint density at radius 3 is 2.70 bits per heavy atom. The molecular weight excluding hydrogens is 342 g/mol. The van der Waals surface area contributed by atoms with E-state index >= 15 is 0 Å². The molecule has 0 aliphatic carbocycles. The standard InChI is InChI=1S/C20H37N5O2/c1-4-16(5-2)19-14-18(27-24-19)15-23-20(21-6-3)22-10-7-11-25-12-8-17(26)9-13-25/h14,16-17,26H,4-13,15H2,1-3H3,(H2,21,22,23). The van der Waals surface area contributed by atoms with E-state index in [0.29, 0.717) is 12.5 Å². The van der Waals surface area contributed by atoms with Gasteiger partial charge in [-0.15, -0.1) is 0 Å². The second-order valence-electron chi connectivity index (χ2n) is 7.28. The number of rotatable bonds is 10. The third-order valence-corrected chi connectivity index (χ3v) is 5.22. The lowest BCUT2D eigenvalue weighted by Gasteiger charge is -2.29. The van der Waals surface area contributed by atoms with Gasteiger partial charge < -0.3 is 25.2 Å². The van der Waals surface area contributed by atoms with E-state index in [-0.39, 0.29) is 6.10 Å². The monoisotopic (exact) mass is 379 g/mol. The molecule has 1 aromatic heterocycles. The number of aromatic nitrogens is 1. The topological polar surface area (TPSA) is 85.9 Å². The molecule has 0 spiro atoms. The summed E-state index contributed by atoms with van der Waals surface area (Å²) in [5.41, 5.74) is 1.04. The van der Waals surface area contributed by atoms with Crippen LogP contribution in [-0.4, -0.2) is 60.0 Å². The van der Waals surface area contributed by atoms with E-state index in [1.54, 1.807) is 0 Å². The van der Waals surface area contributed by atoms with Gasteiger partial charge in [-0.05, 0) is 45.6 Å². The Morgan fingerprint density at radius 1 is 1.30 bits per heavy atom. The number of aliphatic hydroxyl groups is 1. The number of hydrogen-bond donors (Lipinski definition) is 3. The van der Waals surface area contributed by atoms with Crippen molar-refractivity contribution in [1.82, 2.24) is 20.7 Å². The van der Waals surface area contributed by atoms with Crippen molar-refractivity contribution >= 4 is 5.96 Å². The first-order valence-corrected chi connectivity index (χ1v) is 10.5. The Morgan fingerprint density at radius 2 is 2.04 bits per heavy atom. The molecule has 0 bridgehead atoms. The van der Waals surface area contributed by atoms with Gasteiger partial charge >= 0.3 is 0 Å². The minimum absolute atomic E-state index is 0.103. The van der Waals surface area contributed by atoms with E-state index in [9.17, 15) is 5.11 Å². The van der Waals surface area contributed by atoms with Crippen LogP contribution in [0.1, 0.15) is 70.2 Å². The lowest BCUT2D eigenvalue weighted by Crippen LogP contribution is -2.40. The first kappa shape index (κ1) is 21.7. The van der Waals surface area contributed by atoms with Crippen LogP contribution in [0.3, 0.4) is 0 Å². The lowest BCUT2D eigenvalue weighted by atomic mass is 9.99. The van der Waals surface area contributed by atoms with Gasteiger partial charge in [0.05, 0.1) is 11.8 Å². The highest BCUT2D eigenvalue weighted by Crippen LogP contribution is 2.22. The van der Waals surface area contributed by atoms with E-state index in [2.05, 4.69) is 46.5 Å². The number of nitrogens with zero attached hydrogens (tertiary/aromatic N) is 3. The van der Waals surface area contributed by atoms with Gasteiger partial charge in [0.2, 0.25) is 0 Å². The molecule has 0 saturated carbocycles. The van der Waals surface area contributed by atoms with Crippen LogP contribution in [0.15, 0.2) is 15.6 Å². The fourth-order valence-electron chi connectivity index (χ4n) is 3.45. The van der Waals surface area contributed by atoms with Crippen molar-refractivity contribution in [3.8, 4) is 0 Å². The summed E-state index contributed by atoms with van der Waals surface area (Å²) in [6.07, 6.45) is 4.90. The molecule has 0 radical (unpaired) electrons. The van der Waals surface area contributed by atoms with Crippen molar-refractivity contribution < 1.29 is 9.63 Å². The summed E-state index contributed by atoms with van der Waals surface area (Å²) in [5.74, 6) is 2.08. The van der Waals surface area contributed by atoms with Gasteiger partial charge in [0.1, 0.15) is 6.54 Å². The molecule has 154 valence electrons. The first-order chi connectivity index (χ1) is 13.2. The number of piperidine rings is 1. The van der Waals surface area contributed by atoms with Gasteiger partial charge in [0.15, 0.2) is 11.7 Å². The molecule has 1 aliphatic heterocycles. The Hall–Kier alpha value is -1.60. The molecule has 0 amide bonds. The zero-order valence-corrected chi connectivity index (χ0v) is 17.2. The largest absolute Gasteiger partial charge is 0.393 e. The van der Waals surface area contributed by atoms with E-state index in [1.807, 2.05) is 6.07 Å². The zero-order valence-electron chi connectivity index (χ0n) is 17.2. The molecule has 2 heterocycles. The molecule has 0 atom stereocenters. The first-order valence-electron chi connectivity index (χ1n) is 10.5. The molecule has 3 N–H and O–H groups in total. The maximum atomic E-state index is 9.57. The van der Waals surface area contributed by atoms with Crippen molar-refractivity contribution in [3.63, 3.8) is 0 Å². The molecule has 1 fully saturated rings. The van der Waals surface area contributed by atoms with E-state index < -0.39 is 0 Å². The summed E-state index contributed by atoms with van der Waals surface area (Å²) in [6.45, 7) is 11.7. The van der Waals surface area contributed by atoms with Crippen LogP contribution in [0, 0.1) is 0 Å². The van der Waals surface area contributed by atoms with Gasteiger partial charge in [0, 0.05) is 38.2 Å². The fourth-order valence-corrected chi connectivity index (χ4v) is 3.45. The highest BCUT2D eigenvalue weighted by atomic mass is 16.5. The number of aliphatic imine (C=N–C) groups is 1. The van der Waals surface area contributed by atoms with Gasteiger partial charge in [-0.1, -0.05) is 19.0 Å². The number of aliphatic hydroxyl groups excluding tert-OH is 1. The zero-order chi connectivity index (χ0) is 19.5.